The van der Waals surface area contributed by atoms with Gasteiger partial charge in [-0.05, 0) is 324 Å². The minimum absolute atomic E-state index is 0.0127. The van der Waals surface area contributed by atoms with E-state index in [1.54, 1.807) is 28.2 Å². The number of hydroxylamine groups is 8. The van der Waals surface area contributed by atoms with E-state index in [-0.39, 0.29) is 126 Å². The highest BCUT2D eigenvalue weighted by atomic mass is 16.7. The van der Waals surface area contributed by atoms with Gasteiger partial charge in [-0.15, -0.1) is 0 Å². The molecule has 15 rings (SSSR count). The van der Waals surface area contributed by atoms with Gasteiger partial charge in [-0.25, -0.2) is 20.3 Å². The summed E-state index contributed by atoms with van der Waals surface area (Å²) in [5.74, 6) is 0.992. The normalized spacial score (nSPS) is 23.6. The van der Waals surface area contributed by atoms with Crippen LogP contribution in [0.15, 0.2) is 140 Å². The number of benzene rings is 5. The third kappa shape index (κ3) is 33.2. The standard InChI is InChI=1S/C16H22N2O.C15H20N2O.C14H20N2O2.2C14H20N2O.2C10H20N2O2.C9H18N2O2/c1-18-11-5-10-15(18)16(19)17-14-9-4-7-12-6-2-3-8-13(12)14;1-17-10-4-7-14(17)15(18)16-13-9-8-11-5-2-3-6-12(11)13;1-15-10-6-9-13(15)14(17)16(2)18-11-12-7-4-3-5-8-12;2*1-11(12-7-4-3-5-8-12)15-14(17)13-9-6-10-16(13)2;1-8(2)14-12(4)10(13)9-6-5-7-11(9)3;1-4-8-14-12(3)10(13)9-6-5-7-11(9)2;1-4-13-11(3)9(12)8-6-5-7-10(8)2/h2-3,6,8,14-15H,4-5,7,9-11H2,1H3,(H,17,19);2-3,5-6,13-14H,4,7-10H2,1H3,(H,16,18);3-5,7-8,13H,6,9-11H2,1-2H3;2*3-5,7-8,11,13H,6,9-10H2,1-2H3,(H,15,17);8-9H,5-7H2,1-4H3;9H,4-8H2,1-3H3;8H,4-7H2,1-3H3/t14?,15-;13?,14-;13-;11-,13+;11-,13-;2*9-;8-/m00010000/s1. The van der Waals surface area contributed by atoms with Crippen LogP contribution in [0.25, 0.3) is 0 Å². The largest absolute Gasteiger partial charge is 0.348 e. The zero-order chi connectivity index (χ0) is 94.3. The van der Waals surface area contributed by atoms with Crippen LogP contribution in [-0.2, 0) is 77.2 Å². The molecule has 8 amide bonds. The molecule has 28 nitrogen and oxygen atoms in total. The molecule has 5 aromatic carbocycles. The molecule has 8 saturated heterocycles. The molecule has 10 aliphatic rings. The number of carbonyl (C=O) groups excluding carboxylic acids is 8. The molecule has 130 heavy (non-hydrogen) atoms. The topological polar surface area (TPSA) is 260 Å². The van der Waals surface area contributed by atoms with Crippen molar-refractivity contribution in [2.24, 2.45) is 0 Å². The zero-order valence-corrected chi connectivity index (χ0v) is 81.9. The highest BCUT2D eigenvalue weighted by Gasteiger charge is 2.38. The van der Waals surface area contributed by atoms with Crippen LogP contribution < -0.4 is 21.3 Å². The molecule has 2 unspecified atom stereocenters. The van der Waals surface area contributed by atoms with Gasteiger partial charge in [-0.1, -0.05) is 146 Å². The number of nitrogens with zero attached hydrogens (tertiary/aromatic N) is 12. The SMILES string of the molecule is CC(C)ON(C)C(=O)[C@@H]1CCCN1C.CCCON(C)C(=O)[C@@H]1CCCN1C.CCON(C)C(=O)[C@@H]1CCCN1C.CN(OCc1ccccc1)C(=O)[C@@H]1CCCN1C.CN1CCC[C@H]1C(=O)NC1CCCc2ccccc21.CN1CCC[C@H]1C(=O)NC1CCc2ccccc21.C[C@@H](NC(=O)[C@@H]1CCCN1C)c1ccccc1.C[C@H](NC(=O)[C@@H]1CCCN1C)c1ccccc1. The Hall–Kier alpha value is -8.62. The molecular weight excluding hydrogens is 1640 g/mol. The second-order valence-corrected chi connectivity index (χ2v) is 36.8. The number of hydrogen-bond acceptors (Lipinski definition) is 20. The summed E-state index contributed by atoms with van der Waals surface area (Å²) in [6.45, 7) is 21.5. The molecule has 720 valence electrons. The van der Waals surface area contributed by atoms with Gasteiger partial charge in [0.25, 0.3) is 23.6 Å². The van der Waals surface area contributed by atoms with E-state index in [1.807, 2.05) is 189 Å². The number of amides is 8. The Labute approximate surface area is 778 Å². The van der Waals surface area contributed by atoms with Crippen molar-refractivity contribution in [2.75, 3.05) is 150 Å². The Morgan fingerprint density at radius 1 is 0.338 bits per heavy atom. The highest BCUT2D eigenvalue weighted by Crippen LogP contribution is 2.33. The van der Waals surface area contributed by atoms with Gasteiger partial charge >= 0.3 is 0 Å². The average molecular weight is 1800 g/mol. The van der Waals surface area contributed by atoms with Crippen LogP contribution in [0.5, 0.6) is 0 Å². The van der Waals surface area contributed by atoms with E-state index in [9.17, 15) is 38.4 Å². The monoisotopic (exact) mass is 1800 g/mol. The van der Waals surface area contributed by atoms with Crippen molar-refractivity contribution >= 4 is 47.3 Å². The predicted molar refractivity (Wildman–Crippen MR) is 514 cm³/mol. The Morgan fingerprint density at radius 2 is 0.638 bits per heavy atom. The molecule has 8 aliphatic heterocycles. The molecule has 8 fully saturated rings. The predicted octanol–water partition coefficient (Wildman–Crippen LogP) is 12.0. The van der Waals surface area contributed by atoms with E-state index in [1.165, 1.54) is 48.9 Å². The summed E-state index contributed by atoms with van der Waals surface area (Å²) in [4.78, 5) is 135. The molecule has 28 heteroatoms. The summed E-state index contributed by atoms with van der Waals surface area (Å²) in [5, 5.41) is 18.2. The number of fused-ring (bicyclic) bond motifs is 2. The van der Waals surface area contributed by atoms with Crippen molar-refractivity contribution in [3.8, 4) is 0 Å². The lowest BCUT2D eigenvalue weighted by molar-refractivity contribution is -0.195. The first-order chi connectivity index (χ1) is 62.4. The van der Waals surface area contributed by atoms with E-state index in [0.29, 0.717) is 19.8 Å². The minimum atomic E-state index is -0.0224. The Kier molecular flexibility index (Phi) is 45.8. The lowest BCUT2D eigenvalue weighted by Crippen LogP contribution is -2.43. The molecule has 2 aliphatic carbocycles. The van der Waals surface area contributed by atoms with E-state index < -0.39 is 0 Å². The molecular formula is C102H160N16O12. The Bertz CT molecular complexity index is 4140. The molecule has 4 N–H and O–H groups in total. The van der Waals surface area contributed by atoms with Gasteiger partial charge in [0.1, 0.15) is 6.61 Å². The summed E-state index contributed by atoms with van der Waals surface area (Å²) in [7, 11) is 22.8. The molecule has 0 radical (unpaired) electrons. The van der Waals surface area contributed by atoms with Crippen LogP contribution in [0.1, 0.15) is 233 Å². The van der Waals surface area contributed by atoms with Crippen LogP contribution in [0.3, 0.4) is 0 Å². The van der Waals surface area contributed by atoms with E-state index >= 15 is 0 Å². The van der Waals surface area contributed by atoms with Gasteiger partial charge in [0, 0.05) is 28.2 Å². The zero-order valence-electron chi connectivity index (χ0n) is 81.9. The lowest BCUT2D eigenvalue weighted by atomic mass is 9.87. The minimum Gasteiger partial charge on any atom is -0.348 e. The fraction of sp³-hybridized carbons (Fsp3) is 0.627. The van der Waals surface area contributed by atoms with Crippen molar-refractivity contribution in [2.45, 2.75) is 268 Å². The van der Waals surface area contributed by atoms with E-state index in [0.717, 1.165) is 204 Å². The van der Waals surface area contributed by atoms with Gasteiger partial charge in [-0.3, -0.25) is 96.9 Å². The van der Waals surface area contributed by atoms with Crippen molar-refractivity contribution in [3.05, 3.63) is 178 Å². The fourth-order valence-corrected chi connectivity index (χ4v) is 18.8. The second-order valence-electron chi connectivity index (χ2n) is 36.8. The van der Waals surface area contributed by atoms with Crippen LogP contribution in [-0.4, -0.2) is 311 Å². The molecule has 0 spiro atoms. The number of likely N-dealkylation sites (N-methyl/N-ethyl adjacent to an activating group) is 12. The summed E-state index contributed by atoms with van der Waals surface area (Å²) < 4.78 is 0. The van der Waals surface area contributed by atoms with Gasteiger partial charge in [0.15, 0.2) is 0 Å². The average Bonchev–Trinajstić information content (AvgIpc) is 1.79. The Balaban J connectivity index is 0.000000184. The number of nitrogens with one attached hydrogen (secondary N) is 4. The van der Waals surface area contributed by atoms with Gasteiger partial charge < -0.3 is 21.3 Å². The van der Waals surface area contributed by atoms with Crippen LogP contribution in [0.2, 0.25) is 0 Å². The maximum Gasteiger partial charge on any atom is 0.263 e. The maximum absolute atomic E-state index is 12.4. The van der Waals surface area contributed by atoms with Gasteiger partial charge in [0.2, 0.25) is 23.6 Å². The van der Waals surface area contributed by atoms with E-state index in [4.69, 9.17) is 19.4 Å². The third-order valence-corrected chi connectivity index (χ3v) is 26.7. The highest BCUT2D eigenvalue weighted by molar-refractivity contribution is 5.85. The van der Waals surface area contributed by atoms with Crippen molar-refractivity contribution in [1.82, 2.24) is 80.7 Å². The maximum atomic E-state index is 12.4. The van der Waals surface area contributed by atoms with Crippen molar-refractivity contribution < 1.29 is 57.7 Å². The summed E-state index contributed by atoms with van der Waals surface area (Å²) in [6, 6.07) is 47.9. The van der Waals surface area contributed by atoms with Gasteiger partial charge in [0.05, 0.1) is 91.8 Å². The van der Waals surface area contributed by atoms with Crippen molar-refractivity contribution in [1.29, 1.82) is 0 Å². The van der Waals surface area contributed by atoms with Crippen LogP contribution in [0.4, 0.5) is 0 Å². The lowest BCUT2D eigenvalue weighted by Gasteiger charge is -2.28. The van der Waals surface area contributed by atoms with Gasteiger partial charge in [-0.2, -0.15) is 0 Å². The number of aryl methyl sites for hydroxylation is 2. The first-order valence-electron chi connectivity index (χ1n) is 48.2. The number of carbonyl (C=O) groups is 8. The first-order valence-corrected chi connectivity index (χ1v) is 48.2. The third-order valence-electron chi connectivity index (χ3n) is 26.7. The second kappa shape index (κ2) is 55.8. The fourth-order valence-electron chi connectivity index (χ4n) is 18.8. The first kappa shape index (κ1) is 107. The number of likely N-dealkylation sites (tertiary alicyclic amines) is 8. The van der Waals surface area contributed by atoms with Crippen LogP contribution >= 0.6 is 0 Å². The molecule has 0 saturated carbocycles. The molecule has 12 atom stereocenters. The van der Waals surface area contributed by atoms with Crippen LogP contribution in [0, 0.1) is 0 Å². The molecule has 0 aromatic heterocycles. The number of hydrogen-bond donors (Lipinski definition) is 4. The summed E-state index contributed by atoms with van der Waals surface area (Å²) in [6.07, 6.45) is 23.1. The summed E-state index contributed by atoms with van der Waals surface area (Å²) in [5.41, 5.74) is 8.80. The smallest absolute Gasteiger partial charge is 0.263 e. The summed E-state index contributed by atoms with van der Waals surface area (Å²) >= 11 is 0. The molecule has 8 heterocycles. The quantitative estimate of drug-likeness (QED) is 0.0419. The molecule has 0 bridgehead atoms. The molecule has 5 aromatic rings. The Morgan fingerprint density at radius 3 is 0.977 bits per heavy atom. The number of rotatable bonds is 24. The van der Waals surface area contributed by atoms with Crippen molar-refractivity contribution in [3.63, 3.8) is 0 Å². The van der Waals surface area contributed by atoms with E-state index in [2.05, 4.69) is 109 Å².